The van der Waals surface area contributed by atoms with E-state index in [0.717, 1.165) is 4.90 Å². The van der Waals surface area contributed by atoms with Crippen LogP contribution in [0.5, 0.6) is 0 Å². The Morgan fingerprint density at radius 3 is 2.62 bits per heavy atom. The van der Waals surface area contributed by atoms with Crippen molar-refractivity contribution in [3.05, 3.63) is 29.1 Å². The van der Waals surface area contributed by atoms with Crippen LogP contribution in [0.3, 0.4) is 0 Å². The molecule has 1 aromatic heterocycles. The lowest BCUT2D eigenvalue weighted by Crippen LogP contribution is -2.07. The van der Waals surface area contributed by atoms with E-state index in [1.165, 1.54) is 26.7 Å². The van der Waals surface area contributed by atoms with Crippen molar-refractivity contribution in [2.75, 3.05) is 0 Å². The highest BCUT2D eigenvalue weighted by Crippen LogP contribution is 2.35. The number of benzene rings is 1. The number of nitrogens with zero attached hydrogens (tertiary/aromatic N) is 1. The molecule has 0 saturated carbocycles. The molecular weight excluding hydrogens is 234 g/mol. The Morgan fingerprint density at radius 2 is 2.00 bits per heavy atom. The van der Waals surface area contributed by atoms with E-state index in [2.05, 4.69) is 44.4 Å². The smallest absolute Gasteiger partial charge is 0.138 e. The molecule has 0 aliphatic carbocycles. The number of fused-ring (bicyclic) bond motifs is 1. The van der Waals surface area contributed by atoms with Crippen LogP contribution < -0.4 is 0 Å². The van der Waals surface area contributed by atoms with Gasteiger partial charge in [-0.2, -0.15) is 5.26 Å². The van der Waals surface area contributed by atoms with Gasteiger partial charge in [0.15, 0.2) is 0 Å². The van der Waals surface area contributed by atoms with Gasteiger partial charge in [-0.25, -0.2) is 0 Å². The Bertz CT molecular complexity index is 555. The molecule has 16 heavy (non-hydrogen) atoms. The zero-order valence-electron chi connectivity index (χ0n) is 9.57. The number of thioether (sulfide) groups is 1. The minimum atomic E-state index is 0.201. The molecule has 0 N–H and O–H groups in total. The summed E-state index contributed by atoms with van der Waals surface area (Å²) < 4.78 is 1.27. The molecule has 0 spiro atoms. The Balaban J connectivity index is 2.51. The second-order valence-electron chi connectivity index (χ2n) is 4.75. The molecule has 0 saturated heterocycles. The van der Waals surface area contributed by atoms with Gasteiger partial charge in [0.05, 0.1) is 0 Å². The van der Waals surface area contributed by atoms with E-state index in [4.69, 9.17) is 5.26 Å². The molecule has 0 amide bonds. The van der Waals surface area contributed by atoms with Crippen LogP contribution in [0.25, 0.3) is 10.1 Å². The summed E-state index contributed by atoms with van der Waals surface area (Å²) in [5.41, 5.74) is 0.201. The van der Waals surface area contributed by atoms with Crippen molar-refractivity contribution in [3.8, 4) is 5.40 Å². The second-order valence-corrected chi connectivity index (χ2v) is 6.70. The van der Waals surface area contributed by atoms with Crippen molar-refractivity contribution in [2.24, 2.45) is 0 Å². The predicted molar refractivity (Wildman–Crippen MR) is 72.0 cm³/mol. The van der Waals surface area contributed by atoms with Crippen molar-refractivity contribution in [1.82, 2.24) is 0 Å². The zero-order valence-corrected chi connectivity index (χ0v) is 11.2. The lowest BCUT2D eigenvalue weighted by molar-refractivity contribution is 0.604. The molecular formula is C13H13NS2. The highest BCUT2D eigenvalue weighted by molar-refractivity contribution is 8.03. The monoisotopic (exact) mass is 247 g/mol. The van der Waals surface area contributed by atoms with Gasteiger partial charge in [-0.1, -0.05) is 26.8 Å². The summed E-state index contributed by atoms with van der Waals surface area (Å²) in [6, 6.07) is 8.46. The highest BCUT2D eigenvalue weighted by Gasteiger charge is 2.16. The van der Waals surface area contributed by atoms with E-state index in [-0.39, 0.29) is 5.41 Å². The molecule has 0 aliphatic heterocycles. The van der Waals surface area contributed by atoms with E-state index >= 15 is 0 Å². The molecule has 3 heteroatoms. The standard InChI is InChI=1S/C13H13NS2/c1-13(2,3)12-6-9-4-5-10(15-8-14)7-11(9)16-12/h4-7H,1-3H3. The summed E-state index contributed by atoms with van der Waals surface area (Å²) in [6.45, 7) is 6.67. The molecule has 82 valence electrons. The normalized spacial score (nSPS) is 11.6. The van der Waals surface area contributed by atoms with Crippen LogP contribution in [0.15, 0.2) is 29.2 Å². The van der Waals surface area contributed by atoms with E-state index in [0.29, 0.717) is 0 Å². The largest absolute Gasteiger partial charge is 0.185 e. The Kier molecular flexibility index (Phi) is 2.96. The SMILES string of the molecule is CC(C)(C)c1cc2ccc(SC#N)cc2s1. The van der Waals surface area contributed by atoms with Gasteiger partial charge in [0, 0.05) is 14.5 Å². The quantitative estimate of drug-likeness (QED) is 0.535. The molecule has 0 unspecified atom stereocenters. The molecule has 0 bridgehead atoms. The third-order valence-corrected chi connectivity index (χ3v) is 4.50. The molecule has 1 aromatic carbocycles. The van der Waals surface area contributed by atoms with Crippen LogP contribution >= 0.6 is 23.1 Å². The van der Waals surface area contributed by atoms with Gasteiger partial charge in [-0.05, 0) is 40.8 Å². The zero-order chi connectivity index (χ0) is 11.8. The number of thiophene rings is 1. The Hall–Kier alpha value is -0.980. The first kappa shape index (κ1) is 11.5. The Morgan fingerprint density at radius 1 is 1.25 bits per heavy atom. The van der Waals surface area contributed by atoms with Crippen molar-refractivity contribution < 1.29 is 0 Å². The van der Waals surface area contributed by atoms with E-state index in [9.17, 15) is 0 Å². The van der Waals surface area contributed by atoms with Gasteiger partial charge in [-0.3, -0.25) is 0 Å². The minimum Gasteiger partial charge on any atom is -0.185 e. The first-order valence-corrected chi connectivity index (χ1v) is 6.74. The number of nitriles is 1. The van der Waals surface area contributed by atoms with Gasteiger partial charge < -0.3 is 0 Å². The highest BCUT2D eigenvalue weighted by atomic mass is 32.2. The average molecular weight is 247 g/mol. The number of hydrogen-bond acceptors (Lipinski definition) is 3. The first-order chi connectivity index (χ1) is 7.50. The van der Waals surface area contributed by atoms with Crippen LogP contribution in [0.4, 0.5) is 0 Å². The van der Waals surface area contributed by atoms with Gasteiger partial charge in [-0.15, -0.1) is 11.3 Å². The maximum atomic E-state index is 8.64. The number of rotatable bonds is 1. The van der Waals surface area contributed by atoms with Crippen LogP contribution in [-0.4, -0.2) is 0 Å². The fourth-order valence-corrected chi connectivity index (χ4v) is 3.15. The molecule has 1 heterocycles. The lowest BCUT2D eigenvalue weighted by Gasteiger charge is -2.14. The third-order valence-electron chi connectivity index (χ3n) is 2.39. The van der Waals surface area contributed by atoms with Gasteiger partial charge in [0.25, 0.3) is 0 Å². The van der Waals surface area contributed by atoms with Crippen LogP contribution in [0.2, 0.25) is 0 Å². The maximum absolute atomic E-state index is 8.64. The summed E-state index contributed by atoms with van der Waals surface area (Å²) in [7, 11) is 0. The van der Waals surface area contributed by atoms with Gasteiger partial charge in [0.2, 0.25) is 0 Å². The first-order valence-electron chi connectivity index (χ1n) is 5.11. The van der Waals surface area contributed by atoms with Crippen molar-refractivity contribution in [3.63, 3.8) is 0 Å². The molecule has 2 rings (SSSR count). The lowest BCUT2D eigenvalue weighted by atomic mass is 9.94. The topological polar surface area (TPSA) is 23.8 Å². The number of thiocyanates is 1. The molecule has 2 aromatic rings. The average Bonchev–Trinajstić information content (AvgIpc) is 2.60. The van der Waals surface area contributed by atoms with Crippen LogP contribution in [0, 0.1) is 10.7 Å². The fraction of sp³-hybridized carbons (Fsp3) is 0.308. The van der Waals surface area contributed by atoms with Crippen molar-refractivity contribution in [1.29, 1.82) is 5.26 Å². The van der Waals surface area contributed by atoms with Crippen molar-refractivity contribution >= 4 is 33.2 Å². The summed E-state index contributed by atoms with van der Waals surface area (Å²) in [5, 5.41) is 12.0. The van der Waals surface area contributed by atoms with Crippen LogP contribution in [0.1, 0.15) is 25.6 Å². The summed E-state index contributed by atoms with van der Waals surface area (Å²) in [6.07, 6.45) is 0. The van der Waals surface area contributed by atoms with E-state index in [1.807, 2.05) is 17.4 Å². The maximum Gasteiger partial charge on any atom is 0.138 e. The Labute approximate surface area is 104 Å². The minimum absolute atomic E-state index is 0.201. The summed E-state index contributed by atoms with van der Waals surface area (Å²) in [4.78, 5) is 2.42. The molecule has 0 radical (unpaired) electrons. The second kappa shape index (κ2) is 4.12. The molecule has 0 fully saturated rings. The van der Waals surface area contributed by atoms with Crippen molar-refractivity contribution in [2.45, 2.75) is 31.1 Å². The van der Waals surface area contributed by atoms with Crippen LogP contribution in [-0.2, 0) is 5.41 Å². The fourth-order valence-electron chi connectivity index (χ4n) is 1.50. The van der Waals surface area contributed by atoms with E-state index < -0.39 is 0 Å². The van der Waals surface area contributed by atoms with E-state index in [1.54, 1.807) is 0 Å². The van der Waals surface area contributed by atoms with Gasteiger partial charge in [0.1, 0.15) is 5.40 Å². The summed E-state index contributed by atoms with van der Waals surface area (Å²) in [5.74, 6) is 0. The predicted octanol–water partition coefficient (Wildman–Crippen LogP) is 4.77. The molecule has 0 aliphatic rings. The number of hydrogen-bond donors (Lipinski definition) is 0. The van der Waals surface area contributed by atoms with Gasteiger partial charge >= 0.3 is 0 Å². The molecule has 1 nitrogen and oxygen atoms in total. The molecule has 0 atom stereocenters. The third kappa shape index (κ3) is 2.23. The summed E-state index contributed by atoms with van der Waals surface area (Å²) >= 11 is 3.04.